The van der Waals surface area contributed by atoms with Gasteiger partial charge in [0.2, 0.25) is 0 Å². The van der Waals surface area contributed by atoms with E-state index in [1.54, 1.807) is 45.4 Å². The highest BCUT2D eigenvalue weighted by atomic mass is 16.7. The van der Waals surface area contributed by atoms with Crippen LogP contribution in [0.1, 0.15) is 143 Å². The van der Waals surface area contributed by atoms with Crippen molar-refractivity contribution < 1.29 is 58.6 Å². The van der Waals surface area contributed by atoms with Gasteiger partial charge < -0.3 is 39.4 Å². The normalized spacial score (nSPS) is 41.9. The number of carbonyl (C=O) groups is 4. The van der Waals surface area contributed by atoms with Crippen molar-refractivity contribution in [3.8, 4) is 0 Å². The largest absolute Gasteiger partial charge is 0.481 e. The van der Waals surface area contributed by atoms with Gasteiger partial charge in [0.15, 0.2) is 6.79 Å². The summed E-state index contributed by atoms with van der Waals surface area (Å²) in [6, 6.07) is 0. The van der Waals surface area contributed by atoms with Gasteiger partial charge in [-0.3, -0.25) is 19.2 Å². The molecule has 10 saturated carbocycles. The predicted molar refractivity (Wildman–Crippen MR) is 232 cm³/mol. The zero-order chi connectivity index (χ0) is 45.0. The van der Waals surface area contributed by atoms with E-state index < -0.39 is 41.4 Å². The maximum atomic E-state index is 13.6. The van der Waals surface area contributed by atoms with Gasteiger partial charge in [0, 0.05) is 21.1 Å². The monoisotopic (exact) mass is 875 g/mol. The Bertz CT molecular complexity index is 1500. The zero-order valence-electron chi connectivity index (χ0n) is 39.0. The van der Waals surface area contributed by atoms with Crippen LogP contribution in [0.25, 0.3) is 0 Å². The molecule has 0 saturated heterocycles. The van der Waals surface area contributed by atoms with Crippen LogP contribution in [0.5, 0.6) is 0 Å². The van der Waals surface area contributed by atoms with E-state index in [-0.39, 0.29) is 37.7 Å². The van der Waals surface area contributed by atoms with Crippen LogP contribution in [-0.4, -0.2) is 90.7 Å². The van der Waals surface area contributed by atoms with Gasteiger partial charge in [0.1, 0.15) is 6.10 Å². The Kier molecular flexibility index (Phi) is 16.9. The number of fused-ring (bicyclic) bond motifs is 19. The predicted octanol–water partition coefficient (Wildman–Crippen LogP) is 7.68. The van der Waals surface area contributed by atoms with E-state index in [4.69, 9.17) is 34.0 Å². The summed E-state index contributed by atoms with van der Waals surface area (Å²) in [6.45, 7) is 6.44. The third-order valence-corrected chi connectivity index (χ3v) is 18.6. The van der Waals surface area contributed by atoms with Crippen LogP contribution < -0.4 is 0 Å². The number of rotatable bonds is 11. The average molecular weight is 875 g/mol. The molecule has 20 atom stereocenters. The Hall–Kier alpha value is -2.28. The molecule has 20 unspecified atom stereocenters. The van der Waals surface area contributed by atoms with Crippen molar-refractivity contribution in [2.75, 3.05) is 28.1 Å². The quantitative estimate of drug-likeness (QED) is 0.0688. The van der Waals surface area contributed by atoms with Crippen LogP contribution >= 0.6 is 0 Å². The van der Waals surface area contributed by atoms with Crippen LogP contribution in [0.4, 0.5) is 0 Å². The fourth-order valence-corrected chi connectivity index (χ4v) is 16.1. The van der Waals surface area contributed by atoms with Crippen LogP contribution in [0.2, 0.25) is 0 Å². The molecule has 354 valence electrons. The molecule has 10 rings (SSSR count). The van der Waals surface area contributed by atoms with Crippen molar-refractivity contribution >= 4 is 23.9 Å². The van der Waals surface area contributed by atoms with Crippen LogP contribution in [0, 0.1) is 100 Å². The smallest absolute Gasteiger partial charge is 0.313 e. The van der Waals surface area contributed by atoms with E-state index in [0.717, 1.165) is 62.4 Å². The maximum absolute atomic E-state index is 13.6. The number of hydrogen-bond donors (Lipinski definition) is 4. The minimum Gasteiger partial charge on any atom is -0.481 e. The third kappa shape index (κ3) is 10.2. The lowest BCUT2D eigenvalue weighted by Crippen LogP contribution is -2.40. The van der Waals surface area contributed by atoms with Gasteiger partial charge in [-0.05, 0) is 199 Å². The van der Waals surface area contributed by atoms with Gasteiger partial charge in [-0.1, -0.05) is 20.3 Å². The Labute approximate surface area is 371 Å². The van der Waals surface area contributed by atoms with Gasteiger partial charge in [-0.25, -0.2) is 0 Å². The fourth-order valence-electron chi connectivity index (χ4n) is 16.1. The van der Waals surface area contributed by atoms with Crippen molar-refractivity contribution in [3.05, 3.63) is 0 Å². The van der Waals surface area contributed by atoms with Crippen molar-refractivity contribution in [3.63, 3.8) is 0 Å². The summed E-state index contributed by atoms with van der Waals surface area (Å²) in [6.07, 6.45) is 20.9. The highest BCUT2D eigenvalue weighted by Crippen LogP contribution is 2.68. The summed E-state index contributed by atoms with van der Waals surface area (Å²) in [5.41, 5.74) is -0.873. The summed E-state index contributed by atoms with van der Waals surface area (Å²) in [5, 5.41) is 33.7. The molecule has 4 N–H and O–H groups in total. The number of carbonyl (C=O) groups excluding carboxylic acids is 3. The zero-order valence-corrected chi connectivity index (χ0v) is 39.0. The first kappa shape index (κ1) is 49.2. The summed E-state index contributed by atoms with van der Waals surface area (Å²) >= 11 is 0. The second kappa shape index (κ2) is 21.4. The third-order valence-electron chi connectivity index (χ3n) is 18.6. The minimum absolute atomic E-state index is 0.0256. The molecule has 10 fully saturated rings. The number of esters is 3. The Morgan fingerprint density at radius 3 is 1.77 bits per heavy atom. The first-order valence-corrected chi connectivity index (χ1v) is 24.6. The molecule has 0 amide bonds. The average Bonchev–Trinajstić information content (AvgIpc) is 4.10. The number of aliphatic carboxylic acids is 1. The summed E-state index contributed by atoms with van der Waals surface area (Å²) in [4.78, 5) is 47.5. The van der Waals surface area contributed by atoms with E-state index in [0.29, 0.717) is 30.1 Å². The van der Waals surface area contributed by atoms with E-state index in [1.165, 1.54) is 82.8 Å². The molecule has 0 aliphatic heterocycles. The minimum atomic E-state index is -0.873. The van der Waals surface area contributed by atoms with E-state index in [9.17, 15) is 24.6 Å². The van der Waals surface area contributed by atoms with E-state index >= 15 is 0 Å². The highest BCUT2D eigenvalue weighted by Gasteiger charge is 2.63. The van der Waals surface area contributed by atoms with Crippen molar-refractivity contribution in [2.45, 2.75) is 162 Å². The Balaban J connectivity index is 0.000000182. The number of carboxylic acid groups (broad SMARTS) is 1. The lowest BCUT2D eigenvalue weighted by Gasteiger charge is -2.39. The maximum Gasteiger partial charge on any atom is 0.313 e. The lowest BCUT2D eigenvalue weighted by molar-refractivity contribution is -0.170. The fraction of sp³-hybridized carbons (Fsp3) is 0.920. The Morgan fingerprint density at radius 2 is 1.21 bits per heavy atom. The molecule has 0 aromatic rings. The summed E-state index contributed by atoms with van der Waals surface area (Å²) in [5.74, 6) is 9.06. The number of methoxy groups -OCH3 is 2. The molecule has 8 bridgehead atoms. The Morgan fingerprint density at radius 1 is 0.677 bits per heavy atom. The number of carboxylic acids is 1. The molecule has 0 radical (unpaired) electrons. The molecule has 0 aromatic heterocycles. The summed E-state index contributed by atoms with van der Waals surface area (Å²) in [7, 11) is 3.82. The molecule has 10 aliphatic rings. The second-order valence-electron chi connectivity index (χ2n) is 21.7. The number of aliphatic hydroxyl groups is 3. The van der Waals surface area contributed by atoms with Gasteiger partial charge in [-0.15, -0.1) is 0 Å². The molecule has 0 heterocycles. The van der Waals surface area contributed by atoms with Gasteiger partial charge in [0.25, 0.3) is 5.97 Å². The first-order chi connectivity index (χ1) is 29.7. The first-order valence-electron chi connectivity index (χ1n) is 24.6. The molecular formula is C50H82O12. The highest BCUT2D eigenvalue weighted by molar-refractivity contribution is 5.79. The number of aliphatic hydroxyl groups excluding tert-OH is 3. The van der Waals surface area contributed by atoms with Gasteiger partial charge in [0.05, 0.1) is 36.6 Å². The second-order valence-corrected chi connectivity index (χ2v) is 21.7. The van der Waals surface area contributed by atoms with Gasteiger partial charge in [-0.2, -0.15) is 0 Å². The van der Waals surface area contributed by atoms with Crippen LogP contribution in [-0.2, 0) is 38.1 Å². The van der Waals surface area contributed by atoms with Crippen molar-refractivity contribution in [1.82, 2.24) is 0 Å². The van der Waals surface area contributed by atoms with E-state index in [1.807, 2.05) is 13.8 Å². The van der Waals surface area contributed by atoms with Crippen LogP contribution in [0.3, 0.4) is 0 Å². The number of ether oxygens (including phenoxy) is 4. The molecule has 12 heteroatoms. The molecule has 10 aliphatic carbocycles. The molecular weight excluding hydrogens is 793 g/mol. The molecule has 0 aromatic carbocycles. The molecule has 62 heavy (non-hydrogen) atoms. The van der Waals surface area contributed by atoms with Crippen molar-refractivity contribution in [1.29, 1.82) is 0 Å². The van der Waals surface area contributed by atoms with Gasteiger partial charge >= 0.3 is 17.9 Å². The summed E-state index contributed by atoms with van der Waals surface area (Å²) < 4.78 is 21.3. The SMILES string of the molecule is C1CC2C3CCC(C3)C2C1.CC(=O)O.CCC(C)(CC(CC(C)C(=O)OC)C(=O)OC1CC2CC1C1C3CCC(C3)C21)C(=O)OCOC.CO.OC1CC2C3CCC(C3)C2C1O. The van der Waals surface area contributed by atoms with Crippen LogP contribution in [0.15, 0.2) is 0 Å². The lowest BCUT2D eigenvalue weighted by atomic mass is 9.70. The topological polar surface area (TPSA) is 186 Å². The van der Waals surface area contributed by atoms with Crippen molar-refractivity contribution in [2.24, 2.45) is 100 Å². The number of hydrogen-bond acceptors (Lipinski definition) is 11. The molecule has 0 spiro atoms. The standard InChI is InChI=1S/C27H42O7.C10H16O2.C10H16.C2H4O2.CH4O/c1-6-27(3,26(30)33-14-31-4)13-19(9-15(2)24(28)32-5)25(29)34-21-12-18-11-20(21)23-17-8-7-16(10-17)22(18)23;11-8-4-7-5-1-2-6(3-5)9(7)10(8)12;1-2-9-7-4-5-8(6-7)10(9)3-1;1-2(3)4;1-2/h15-23H,6-14H2,1-5H3;5-12H,1-4H2;7-10H,1-6H2;1H3,(H,3,4);2H,1H3. The van der Waals surface area contributed by atoms with E-state index in [2.05, 4.69) is 0 Å². The molecule has 12 nitrogen and oxygen atoms in total.